The highest BCUT2D eigenvalue weighted by Gasteiger charge is 2.19. The van der Waals surface area contributed by atoms with E-state index >= 15 is 0 Å². The molecule has 0 bridgehead atoms. The minimum absolute atomic E-state index is 0.326. The van der Waals surface area contributed by atoms with Crippen LogP contribution in [0.1, 0.15) is 24.0 Å². The van der Waals surface area contributed by atoms with Gasteiger partial charge in [0.25, 0.3) is 0 Å². The van der Waals surface area contributed by atoms with Crippen LogP contribution in [0.3, 0.4) is 0 Å². The predicted molar refractivity (Wildman–Crippen MR) is 132 cm³/mol. The molecule has 3 N–H and O–H groups in total. The van der Waals surface area contributed by atoms with Gasteiger partial charge in [-0.3, -0.25) is 0 Å². The van der Waals surface area contributed by atoms with Crippen molar-refractivity contribution < 1.29 is 9.47 Å². The van der Waals surface area contributed by atoms with Crippen molar-refractivity contribution in [2.24, 2.45) is 0 Å². The first-order valence-corrected chi connectivity index (χ1v) is 11.6. The van der Waals surface area contributed by atoms with Crippen LogP contribution < -0.4 is 20.7 Å². The highest BCUT2D eigenvalue weighted by molar-refractivity contribution is 5.62. The number of nitrogens with zero attached hydrogens (tertiary/aromatic N) is 2. The number of aromatic nitrogens is 2. The summed E-state index contributed by atoms with van der Waals surface area (Å²) in [5.74, 6) is 2.79. The molecule has 2 aromatic carbocycles. The van der Waals surface area contributed by atoms with E-state index in [0.29, 0.717) is 17.7 Å². The van der Waals surface area contributed by atoms with Gasteiger partial charge in [0.15, 0.2) is 5.82 Å². The Labute approximate surface area is 196 Å². The highest BCUT2D eigenvalue weighted by Crippen LogP contribution is 2.31. The molecule has 4 rings (SSSR count). The van der Waals surface area contributed by atoms with Gasteiger partial charge in [0.2, 0.25) is 5.88 Å². The molecule has 7 nitrogen and oxygen atoms in total. The van der Waals surface area contributed by atoms with E-state index in [0.717, 1.165) is 68.4 Å². The van der Waals surface area contributed by atoms with Crippen LogP contribution in [0.15, 0.2) is 54.6 Å². The third-order valence-electron chi connectivity index (χ3n) is 5.69. The second-order valence-corrected chi connectivity index (χ2v) is 8.25. The summed E-state index contributed by atoms with van der Waals surface area (Å²) in [6.45, 7) is 6.18. The molecule has 7 heteroatoms. The van der Waals surface area contributed by atoms with Crippen molar-refractivity contribution in [1.82, 2.24) is 20.6 Å². The number of hydrogen-bond acceptors (Lipinski definition) is 7. The highest BCUT2D eigenvalue weighted by atomic mass is 16.5. The Kier molecular flexibility index (Phi) is 8.24. The van der Waals surface area contributed by atoms with Gasteiger partial charge < -0.3 is 25.4 Å². The lowest BCUT2D eigenvalue weighted by Gasteiger charge is -2.25. The molecule has 0 aliphatic carbocycles. The fourth-order valence-corrected chi connectivity index (χ4v) is 3.77. The first-order valence-electron chi connectivity index (χ1n) is 11.6. The number of rotatable bonds is 10. The fourth-order valence-electron chi connectivity index (χ4n) is 3.77. The van der Waals surface area contributed by atoms with Crippen molar-refractivity contribution in [2.45, 2.75) is 32.4 Å². The summed E-state index contributed by atoms with van der Waals surface area (Å²) in [5, 5.41) is 10.2. The van der Waals surface area contributed by atoms with Crippen LogP contribution in [0.25, 0.3) is 11.4 Å². The molecular weight excluding hydrogens is 414 g/mol. The van der Waals surface area contributed by atoms with E-state index in [4.69, 9.17) is 19.4 Å². The molecule has 3 aromatic rings. The second kappa shape index (κ2) is 11.7. The zero-order valence-corrected chi connectivity index (χ0v) is 19.4. The van der Waals surface area contributed by atoms with E-state index in [1.54, 1.807) is 0 Å². The maximum Gasteiger partial charge on any atom is 0.227 e. The van der Waals surface area contributed by atoms with Gasteiger partial charge in [-0.15, -0.1) is 0 Å². The van der Waals surface area contributed by atoms with Crippen molar-refractivity contribution in [3.8, 4) is 23.0 Å². The van der Waals surface area contributed by atoms with E-state index in [-0.39, 0.29) is 0 Å². The summed E-state index contributed by atoms with van der Waals surface area (Å²) in [5.41, 5.74) is 3.06. The first kappa shape index (κ1) is 23.2. The van der Waals surface area contributed by atoms with Crippen molar-refractivity contribution in [3.05, 3.63) is 65.7 Å². The standard InChI is InChI=1S/C26H33N5O2/c1-19-24(29-22-11-15-32-16-12-22)30-25(31-26(19)33-23-9-4-3-5-10-23)21-8-6-7-20(17-21)18-28-14-13-27-2/h3-10,17,22,27-28H,11-16,18H2,1-2H3,(H,29,30,31). The third kappa shape index (κ3) is 6.51. The smallest absolute Gasteiger partial charge is 0.227 e. The Morgan fingerprint density at radius 2 is 1.82 bits per heavy atom. The van der Waals surface area contributed by atoms with Crippen LogP contribution in [0.2, 0.25) is 0 Å². The van der Waals surface area contributed by atoms with Gasteiger partial charge in [-0.25, -0.2) is 4.98 Å². The number of para-hydroxylation sites is 1. The van der Waals surface area contributed by atoms with Gasteiger partial charge in [-0.2, -0.15) is 4.98 Å². The average Bonchev–Trinajstić information content (AvgIpc) is 2.86. The number of anilines is 1. The Morgan fingerprint density at radius 3 is 2.61 bits per heavy atom. The molecule has 33 heavy (non-hydrogen) atoms. The van der Waals surface area contributed by atoms with E-state index in [1.165, 1.54) is 5.56 Å². The van der Waals surface area contributed by atoms with Gasteiger partial charge in [0.05, 0.1) is 5.56 Å². The molecule has 1 aliphatic heterocycles. The van der Waals surface area contributed by atoms with Crippen molar-refractivity contribution in [3.63, 3.8) is 0 Å². The maximum atomic E-state index is 6.19. The van der Waals surface area contributed by atoms with Crippen molar-refractivity contribution >= 4 is 5.82 Å². The summed E-state index contributed by atoms with van der Waals surface area (Å²) in [6.07, 6.45) is 1.92. The minimum Gasteiger partial charge on any atom is -0.439 e. The molecule has 0 atom stereocenters. The number of ether oxygens (including phenoxy) is 2. The lowest BCUT2D eigenvalue weighted by molar-refractivity contribution is 0.0903. The number of hydrogen-bond donors (Lipinski definition) is 3. The molecule has 1 aromatic heterocycles. The van der Waals surface area contributed by atoms with Crippen LogP contribution in [0, 0.1) is 6.92 Å². The topological polar surface area (TPSA) is 80.3 Å². The molecule has 0 unspecified atom stereocenters. The Morgan fingerprint density at radius 1 is 1.00 bits per heavy atom. The third-order valence-corrected chi connectivity index (χ3v) is 5.69. The van der Waals surface area contributed by atoms with Crippen LogP contribution in [0.4, 0.5) is 5.82 Å². The quantitative estimate of drug-likeness (QED) is 0.403. The maximum absolute atomic E-state index is 6.19. The summed E-state index contributed by atoms with van der Waals surface area (Å²) in [7, 11) is 1.96. The van der Waals surface area contributed by atoms with Gasteiger partial charge in [-0.1, -0.05) is 36.4 Å². The zero-order chi connectivity index (χ0) is 22.9. The van der Waals surface area contributed by atoms with E-state index < -0.39 is 0 Å². The van der Waals surface area contributed by atoms with Gasteiger partial charge in [-0.05, 0) is 50.6 Å². The number of nitrogens with one attached hydrogen (secondary N) is 3. The molecule has 0 spiro atoms. The van der Waals surface area contributed by atoms with E-state index in [2.05, 4.69) is 34.1 Å². The fraction of sp³-hybridized carbons (Fsp3) is 0.385. The first-order chi connectivity index (χ1) is 16.2. The van der Waals surface area contributed by atoms with Crippen LogP contribution in [0.5, 0.6) is 11.6 Å². The van der Waals surface area contributed by atoms with Crippen molar-refractivity contribution in [2.75, 3.05) is 38.7 Å². The van der Waals surface area contributed by atoms with Crippen molar-refractivity contribution in [1.29, 1.82) is 0 Å². The lowest BCUT2D eigenvalue weighted by atomic mass is 10.1. The Bertz CT molecular complexity index is 1020. The van der Waals surface area contributed by atoms with Crippen LogP contribution in [-0.4, -0.2) is 49.4 Å². The monoisotopic (exact) mass is 447 g/mol. The average molecular weight is 448 g/mol. The normalized spacial score (nSPS) is 14.2. The molecule has 174 valence electrons. The van der Waals surface area contributed by atoms with Gasteiger partial charge in [0, 0.05) is 44.5 Å². The predicted octanol–water partition coefficient (Wildman–Crippen LogP) is 4.14. The van der Waals surface area contributed by atoms with Gasteiger partial charge >= 0.3 is 0 Å². The number of benzene rings is 2. The molecule has 0 radical (unpaired) electrons. The molecule has 1 aliphatic rings. The number of likely N-dealkylation sites (N-methyl/N-ethyl adjacent to an activating group) is 1. The van der Waals surface area contributed by atoms with Gasteiger partial charge in [0.1, 0.15) is 11.6 Å². The summed E-state index contributed by atoms with van der Waals surface area (Å²) in [4.78, 5) is 9.73. The van der Waals surface area contributed by atoms with E-state index in [1.807, 2.05) is 50.4 Å². The zero-order valence-electron chi connectivity index (χ0n) is 19.4. The molecule has 0 saturated carbocycles. The molecule has 1 fully saturated rings. The molecular formula is C26H33N5O2. The van der Waals surface area contributed by atoms with E-state index in [9.17, 15) is 0 Å². The Balaban J connectivity index is 1.63. The second-order valence-electron chi connectivity index (χ2n) is 8.25. The lowest BCUT2D eigenvalue weighted by Crippen LogP contribution is -2.28. The SMILES string of the molecule is CNCCNCc1cccc(-c2nc(NC3CCOCC3)c(C)c(Oc3ccccc3)n2)c1. The van der Waals surface area contributed by atoms with Crippen LogP contribution in [-0.2, 0) is 11.3 Å². The summed E-state index contributed by atoms with van der Waals surface area (Å²) < 4.78 is 11.7. The molecule has 0 amide bonds. The summed E-state index contributed by atoms with van der Waals surface area (Å²) in [6, 6.07) is 18.4. The molecule has 1 saturated heterocycles. The molecule has 2 heterocycles. The summed E-state index contributed by atoms with van der Waals surface area (Å²) >= 11 is 0. The van der Waals surface area contributed by atoms with Crippen LogP contribution >= 0.6 is 0 Å². The minimum atomic E-state index is 0.326. The Hall–Kier alpha value is -3.00. The largest absolute Gasteiger partial charge is 0.439 e.